The van der Waals surface area contributed by atoms with E-state index in [4.69, 9.17) is 16.3 Å². The van der Waals surface area contributed by atoms with E-state index in [2.05, 4.69) is 20.6 Å². The summed E-state index contributed by atoms with van der Waals surface area (Å²) in [5.74, 6) is -0.256. The van der Waals surface area contributed by atoms with Crippen molar-refractivity contribution in [2.24, 2.45) is 0 Å². The molecule has 2 aromatic carbocycles. The number of hydrogen-bond acceptors (Lipinski definition) is 5. The lowest BCUT2D eigenvalue weighted by Gasteiger charge is -2.09. The molecule has 0 unspecified atom stereocenters. The SMILES string of the molecule is O=C(Nc1ccc(CNC(=O)c2cncnc2)cc1)OCc1ccc(Cl)cc1. The number of carbonyl (C=O) groups excluding carboxylic acids is 2. The molecule has 0 saturated carbocycles. The van der Waals surface area contributed by atoms with E-state index in [0.717, 1.165) is 11.1 Å². The lowest BCUT2D eigenvalue weighted by atomic mass is 10.2. The Morgan fingerprint density at radius 1 is 0.929 bits per heavy atom. The summed E-state index contributed by atoms with van der Waals surface area (Å²) in [5.41, 5.74) is 2.71. The summed E-state index contributed by atoms with van der Waals surface area (Å²) in [5, 5.41) is 6.05. The average Bonchev–Trinajstić information content (AvgIpc) is 2.73. The van der Waals surface area contributed by atoms with Gasteiger partial charge < -0.3 is 10.1 Å². The molecular weight excluding hydrogens is 380 g/mol. The molecule has 142 valence electrons. The van der Waals surface area contributed by atoms with Gasteiger partial charge in [-0.15, -0.1) is 0 Å². The molecule has 0 radical (unpaired) electrons. The Bertz CT molecular complexity index is 932. The normalized spacial score (nSPS) is 10.2. The van der Waals surface area contributed by atoms with E-state index in [9.17, 15) is 9.59 Å². The molecule has 8 heteroatoms. The second-order valence-electron chi connectivity index (χ2n) is 5.83. The van der Waals surface area contributed by atoms with Crippen LogP contribution in [0.5, 0.6) is 0 Å². The van der Waals surface area contributed by atoms with Gasteiger partial charge in [-0.25, -0.2) is 14.8 Å². The molecule has 3 rings (SSSR count). The zero-order valence-electron chi connectivity index (χ0n) is 14.8. The Morgan fingerprint density at radius 2 is 1.57 bits per heavy atom. The van der Waals surface area contributed by atoms with Crippen molar-refractivity contribution in [3.63, 3.8) is 0 Å². The van der Waals surface area contributed by atoms with E-state index in [0.29, 0.717) is 22.8 Å². The van der Waals surface area contributed by atoms with Gasteiger partial charge in [0.25, 0.3) is 5.91 Å². The smallest absolute Gasteiger partial charge is 0.411 e. The maximum atomic E-state index is 12.0. The molecular formula is C20H17ClN4O3. The third-order valence-corrected chi connectivity index (χ3v) is 4.01. The number of nitrogens with zero attached hydrogens (tertiary/aromatic N) is 2. The molecule has 0 fully saturated rings. The Balaban J connectivity index is 1.45. The molecule has 0 aliphatic heterocycles. The van der Waals surface area contributed by atoms with Crippen molar-refractivity contribution < 1.29 is 14.3 Å². The van der Waals surface area contributed by atoms with Crippen LogP contribution in [0.15, 0.2) is 67.3 Å². The van der Waals surface area contributed by atoms with E-state index in [1.165, 1.54) is 18.7 Å². The van der Waals surface area contributed by atoms with Gasteiger partial charge in [-0.2, -0.15) is 0 Å². The molecule has 0 atom stereocenters. The van der Waals surface area contributed by atoms with Crippen LogP contribution < -0.4 is 10.6 Å². The van der Waals surface area contributed by atoms with Crippen molar-refractivity contribution in [2.45, 2.75) is 13.2 Å². The minimum Gasteiger partial charge on any atom is -0.444 e. The number of anilines is 1. The molecule has 2 amide bonds. The van der Waals surface area contributed by atoms with Crippen LogP contribution >= 0.6 is 11.6 Å². The monoisotopic (exact) mass is 396 g/mol. The number of amides is 2. The van der Waals surface area contributed by atoms with Crippen LogP contribution in [0.3, 0.4) is 0 Å². The summed E-state index contributed by atoms with van der Waals surface area (Å²) in [6, 6.07) is 14.1. The van der Waals surface area contributed by atoms with E-state index >= 15 is 0 Å². The van der Waals surface area contributed by atoms with Crippen molar-refractivity contribution in [1.29, 1.82) is 0 Å². The fraction of sp³-hybridized carbons (Fsp3) is 0.100. The Labute approximate surface area is 166 Å². The molecule has 1 aromatic heterocycles. The summed E-state index contributed by atoms with van der Waals surface area (Å²) in [4.78, 5) is 31.5. The maximum absolute atomic E-state index is 12.0. The quantitative estimate of drug-likeness (QED) is 0.660. The minimum atomic E-state index is -0.555. The molecule has 7 nitrogen and oxygen atoms in total. The van der Waals surface area contributed by atoms with Gasteiger partial charge in [0.15, 0.2) is 0 Å². The molecule has 0 aliphatic rings. The van der Waals surface area contributed by atoms with Crippen molar-refractivity contribution >= 4 is 29.3 Å². The van der Waals surface area contributed by atoms with E-state index < -0.39 is 6.09 Å². The highest BCUT2D eigenvalue weighted by atomic mass is 35.5. The van der Waals surface area contributed by atoms with Crippen LogP contribution in [0.25, 0.3) is 0 Å². The number of halogens is 1. The summed E-state index contributed by atoms with van der Waals surface area (Å²) >= 11 is 5.82. The van der Waals surface area contributed by atoms with Crippen LogP contribution in [0.2, 0.25) is 5.02 Å². The summed E-state index contributed by atoms with van der Waals surface area (Å²) < 4.78 is 5.17. The van der Waals surface area contributed by atoms with Gasteiger partial charge in [-0.05, 0) is 35.4 Å². The lowest BCUT2D eigenvalue weighted by molar-refractivity contribution is 0.0950. The topological polar surface area (TPSA) is 93.2 Å². The molecule has 28 heavy (non-hydrogen) atoms. The number of carbonyl (C=O) groups is 2. The molecule has 1 heterocycles. The van der Waals surface area contributed by atoms with Gasteiger partial charge >= 0.3 is 6.09 Å². The molecule has 0 saturated heterocycles. The maximum Gasteiger partial charge on any atom is 0.411 e. The first-order chi connectivity index (χ1) is 13.6. The van der Waals surface area contributed by atoms with Gasteiger partial charge in [0.2, 0.25) is 0 Å². The number of ether oxygens (including phenoxy) is 1. The fourth-order valence-corrected chi connectivity index (χ4v) is 2.42. The molecule has 2 N–H and O–H groups in total. The highest BCUT2D eigenvalue weighted by molar-refractivity contribution is 6.30. The Morgan fingerprint density at radius 3 is 2.25 bits per heavy atom. The van der Waals surface area contributed by atoms with Crippen LogP contribution in [-0.2, 0) is 17.9 Å². The number of aromatic nitrogens is 2. The minimum absolute atomic E-state index is 0.149. The number of hydrogen-bond donors (Lipinski definition) is 2. The first kappa shape index (κ1) is 19.3. The van der Waals surface area contributed by atoms with E-state index in [1.807, 2.05) is 0 Å². The van der Waals surface area contributed by atoms with Crippen molar-refractivity contribution in [2.75, 3.05) is 5.32 Å². The van der Waals surface area contributed by atoms with Gasteiger partial charge in [0, 0.05) is 29.6 Å². The van der Waals surface area contributed by atoms with Gasteiger partial charge in [-0.3, -0.25) is 10.1 Å². The first-order valence-corrected chi connectivity index (χ1v) is 8.78. The van der Waals surface area contributed by atoms with E-state index in [1.54, 1.807) is 48.5 Å². The van der Waals surface area contributed by atoms with Crippen molar-refractivity contribution in [1.82, 2.24) is 15.3 Å². The highest BCUT2D eigenvalue weighted by Gasteiger charge is 2.07. The predicted molar refractivity (Wildman–Crippen MR) is 105 cm³/mol. The van der Waals surface area contributed by atoms with Crippen molar-refractivity contribution in [3.05, 3.63) is 89.0 Å². The highest BCUT2D eigenvalue weighted by Crippen LogP contribution is 2.12. The predicted octanol–water partition coefficient (Wildman–Crippen LogP) is 3.81. The zero-order chi connectivity index (χ0) is 19.8. The van der Waals surface area contributed by atoms with Crippen LogP contribution in [0.4, 0.5) is 10.5 Å². The molecule has 0 spiro atoms. The van der Waals surface area contributed by atoms with Crippen LogP contribution in [-0.4, -0.2) is 22.0 Å². The van der Waals surface area contributed by atoms with Gasteiger partial charge in [0.1, 0.15) is 12.9 Å². The Kier molecular flexibility index (Phi) is 6.54. The molecule has 3 aromatic rings. The second kappa shape index (κ2) is 9.48. The number of rotatable bonds is 6. The fourth-order valence-electron chi connectivity index (χ4n) is 2.29. The molecule has 0 bridgehead atoms. The van der Waals surface area contributed by atoms with E-state index in [-0.39, 0.29) is 12.5 Å². The number of benzene rings is 2. The standard InChI is InChI=1S/C20H17ClN4O3/c21-17-5-1-15(2-6-17)12-28-20(27)25-18-7-3-14(4-8-18)9-24-19(26)16-10-22-13-23-11-16/h1-8,10-11,13H,9,12H2,(H,24,26)(H,25,27). The zero-order valence-corrected chi connectivity index (χ0v) is 15.5. The second-order valence-corrected chi connectivity index (χ2v) is 6.27. The summed E-state index contributed by atoms with van der Waals surface area (Å²) in [7, 11) is 0. The molecule has 0 aliphatic carbocycles. The van der Waals surface area contributed by atoms with Crippen molar-refractivity contribution in [3.8, 4) is 0 Å². The summed E-state index contributed by atoms with van der Waals surface area (Å²) in [6.45, 7) is 0.491. The van der Waals surface area contributed by atoms with Crippen LogP contribution in [0, 0.1) is 0 Å². The van der Waals surface area contributed by atoms with Gasteiger partial charge in [0.05, 0.1) is 5.56 Å². The first-order valence-electron chi connectivity index (χ1n) is 8.40. The largest absolute Gasteiger partial charge is 0.444 e. The lowest BCUT2D eigenvalue weighted by Crippen LogP contribution is -2.23. The van der Waals surface area contributed by atoms with Gasteiger partial charge in [-0.1, -0.05) is 35.9 Å². The third kappa shape index (κ3) is 5.78. The Hall–Kier alpha value is -3.45. The number of nitrogens with one attached hydrogen (secondary N) is 2. The average molecular weight is 397 g/mol. The summed E-state index contributed by atoms with van der Waals surface area (Å²) in [6.07, 6.45) is 3.71. The third-order valence-electron chi connectivity index (χ3n) is 3.76. The van der Waals surface area contributed by atoms with Crippen LogP contribution in [0.1, 0.15) is 21.5 Å².